The van der Waals surface area contributed by atoms with E-state index in [0.29, 0.717) is 23.7 Å². The average molecular weight is 757 g/mol. The number of rotatable bonds is 4. The number of pyridine rings is 3. The third-order valence-electron chi connectivity index (χ3n) is 9.48. The second kappa shape index (κ2) is 18.5. The molecule has 4 heterocycles. The van der Waals surface area contributed by atoms with E-state index < -0.39 is 0 Å². The van der Waals surface area contributed by atoms with Crippen LogP contribution in [0.25, 0.3) is 43.6 Å². The van der Waals surface area contributed by atoms with Gasteiger partial charge in [0.15, 0.2) is 0 Å². The van der Waals surface area contributed by atoms with E-state index in [-0.39, 0.29) is 0 Å². The molecule has 0 saturated carbocycles. The van der Waals surface area contributed by atoms with Gasteiger partial charge >= 0.3 is 0 Å². The maximum Gasteiger partial charge on any atom is 0.0888 e. The molecule has 0 amide bonds. The fourth-order valence-electron chi connectivity index (χ4n) is 5.99. The lowest BCUT2D eigenvalue weighted by Crippen LogP contribution is -1.89. The Morgan fingerprint density at radius 2 is 1.04 bits per heavy atom. The summed E-state index contributed by atoms with van der Waals surface area (Å²) in [7, 11) is 0. The van der Waals surface area contributed by atoms with E-state index in [1.165, 1.54) is 38.6 Å². The fraction of sp³-hybridized carbons (Fsp3) is 0.277. The standard InChI is InChI=1S/C13H15N.C12H12ClN.C12H13N.C10H11ClN2/c1-9(2)11-4-5-13-12(8-11)10(3)6-7-14-13;1-8(2)10-6-9-4-3-5-14-12(9)11(13)7-10;1-9(2)10-5-6-12-11(8-10)4-3-7-13-12;1-6(2)7-3-8-5-12-13-10(8)9(11)4-7/h4-9H,1-3H3;3-8H,1-2H3;3-9H,1-2H3;3-6H,1-2H3,(H,12,13). The first-order valence-corrected chi connectivity index (χ1v) is 19.4. The maximum absolute atomic E-state index is 6.14. The highest BCUT2D eigenvalue weighted by Gasteiger charge is 2.07. The van der Waals surface area contributed by atoms with Crippen molar-refractivity contribution in [2.45, 2.75) is 86.0 Å². The minimum absolute atomic E-state index is 0.497. The molecule has 0 fully saturated rings. The van der Waals surface area contributed by atoms with Gasteiger partial charge in [0.05, 0.1) is 38.3 Å². The zero-order chi connectivity index (χ0) is 38.9. The molecule has 0 saturated heterocycles. The lowest BCUT2D eigenvalue weighted by atomic mass is 9.99. The summed E-state index contributed by atoms with van der Waals surface area (Å²) in [5.41, 5.74) is 10.5. The summed E-state index contributed by atoms with van der Waals surface area (Å²) in [4.78, 5) is 12.9. The van der Waals surface area contributed by atoms with Crippen LogP contribution in [0.5, 0.6) is 0 Å². The van der Waals surface area contributed by atoms with Crippen LogP contribution < -0.4 is 0 Å². The molecule has 54 heavy (non-hydrogen) atoms. The quantitative estimate of drug-likeness (QED) is 0.194. The first-order valence-electron chi connectivity index (χ1n) is 18.7. The van der Waals surface area contributed by atoms with Gasteiger partial charge in [-0.3, -0.25) is 20.1 Å². The Bertz CT molecular complexity index is 2460. The van der Waals surface area contributed by atoms with Gasteiger partial charge in [0.25, 0.3) is 0 Å². The molecule has 8 rings (SSSR count). The maximum atomic E-state index is 6.14. The molecular formula is C47H51Cl2N5. The van der Waals surface area contributed by atoms with Crippen LogP contribution in [-0.4, -0.2) is 25.1 Å². The Hall–Kier alpha value is -4.84. The molecule has 0 aliphatic carbocycles. The number of halogens is 2. The summed E-state index contributed by atoms with van der Waals surface area (Å²) in [5, 5.41) is 13.0. The van der Waals surface area contributed by atoms with Crippen LogP contribution in [0.1, 0.15) is 107 Å². The van der Waals surface area contributed by atoms with E-state index in [1.807, 2.05) is 42.7 Å². The van der Waals surface area contributed by atoms with Crippen molar-refractivity contribution in [2.24, 2.45) is 0 Å². The number of nitrogens with zero attached hydrogens (tertiary/aromatic N) is 4. The van der Waals surface area contributed by atoms with Gasteiger partial charge in [0.2, 0.25) is 0 Å². The molecule has 0 bridgehead atoms. The van der Waals surface area contributed by atoms with Crippen molar-refractivity contribution in [3.8, 4) is 0 Å². The molecule has 5 nitrogen and oxygen atoms in total. The molecule has 8 aromatic rings. The van der Waals surface area contributed by atoms with Crippen LogP contribution in [0.3, 0.4) is 0 Å². The second-order valence-electron chi connectivity index (χ2n) is 14.9. The van der Waals surface area contributed by atoms with Crippen LogP contribution in [0.15, 0.2) is 116 Å². The van der Waals surface area contributed by atoms with Crippen LogP contribution >= 0.6 is 23.2 Å². The van der Waals surface area contributed by atoms with E-state index in [2.05, 4.69) is 148 Å². The molecule has 0 atom stereocenters. The zero-order valence-electron chi connectivity index (χ0n) is 32.8. The van der Waals surface area contributed by atoms with E-state index in [1.54, 1.807) is 12.4 Å². The topological polar surface area (TPSA) is 67.3 Å². The number of aromatic amines is 1. The summed E-state index contributed by atoms with van der Waals surface area (Å²) in [5.74, 6) is 2.16. The van der Waals surface area contributed by atoms with Crippen molar-refractivity contribution in [2.75, 3.05) is 0 Å². The smallest absolute Gasteiger partial charge is 0.0888 e. The lowest BCUT2D eigenvalue weighted by Gasteiger charge is -2.07. The zero-order valence-corrected chi connectivity index (χ0v) is 34.3. The molecule has 0 unspecified atom stereocenters. The Balaban J connectivity index is 0.000000139. The summed E-state index contributed by atoms with van der Waals surface area (Å²) in [6, 6.07) is 31.4. The van der Waals surface area contributed by atoms with Gasteiger partial charge in [-0.1, -0.05) is 103 Å². The minimum Gasteiger partial charge on any atom is -0.276 e. The normalized spacial score (nSPS) is 11.2. The third-order valence-corrected chi connectivity index (χ3v) is 10.1. The van der Waals surface area contributed by atoms with E-state index >= 15 is 0 Å². The number of fused-ring (bicyclic) bond motifs is 4. The summed E-state index contributed by atoms with van der Waals surface area (Å²) in [6.07, 6.45) is 7.26. The van der Waals surface area contributed by atoms with Crippen LogP contribution in [0.2, 0.25) is 10.0 Å². The Labute approximate surface area is 330 Å². The SMILES string of the molecule is CC(C)c1cc(Cl)c2[nH]ncc2c1.CC(C)c1cc(Cl)c2ncccc2c1.CC(C)c1ccc2ncccc2c1.Cc1ccnc2ccc(C(C)C)cc12. The monoisotopic (exact) mass is 755 g/mol. The first kappa shape index (κ1) is 40.3. The Morgan fingerprint density at radius 3 is 1.70 bits per heavy atom. The van der Waals surface area contributed by atoms with Gasteiger partial charge in [0, 0.05) is 40.1 Å². The van der Waals surface area contributed by atoms with Crippen LogP contribution in [0, 0.1) is 6.92 Å². The van der Waals surface area contributed by atoms with Gasteiger partial charge in [-0.15, -0.1) is 0 Å². The van der Waals surface area contributed by atoms with Crippen LogP contribution in [0.4, 0.5) is 0 Å². The predicted octanol–water partition coefficient (Wildman–Crippen LogP) is 14.4. The molecule has 0 aliphatic rings. The minimum atomic E-state index is 0.497. The molecule has 1 N–H and O–H groups in total. The molecular weight excluding hydrogens is 705 g/mol. The Kier molecular flexibility index (Phi) is 13.8. The second-order valence-corrected chi connectivity index (χ2v) is 15.7. The lowest BCUT2D eigenvalue weighted by molar-refractivity contribution is 0.868. The van der Waals surface area contributed by atoms with Crippen molar-refractivity contribution >= 4 is 66.8 Å². The van der Waals surface area contributed by atoms with Crippen molar-refractivity contribution in [3.63, 3.8) is 0 Å². The first-order chi connectivity index (χ1) is 25.8. The molecule has 278 valence electrons. The molecule has 0 aliphatic heterocycles. The number of aromatic nitrogens is 5. The van der Waals surface area contributed by atoms with Crippen LogP contribution in [-0.2, 0) is 0 Å². The molecule has 4 aromatic heterocycles. The third kappa shape index (κ3) is 10.2. The molecule has 0 spiro atoms. The highest BCUT2D eigenvalue weighted by molar-refractivity contribution is 6.35. The van der Waals surface area contributed by atoms with Gasteiger partial charge < -0.3 is 0 Å². The van der Waals surface area contributed by atoms with Crippen molar-refractivity contribution in [1.29, 1.82) is 0 Å². The van der Waals surface area contributed by atoms with Gasteiger partial charge in [-0.2, -0.15) is 5.10 Å². The van der Waals surface area contributed by atoms with Crippen molar-refractivity contribution in [3.05, 3.63) is 154 Å². The van der Waals surface area contributed by atoms with Crippen molar-refractivity contribution in [1.82, 2.24) is 25.1 Å². The highest BCUT2D eigenvalue weighted by Crippen LogP contribution is 2.28. The van der Waals surface area contributed by atoms with E-state index in [4.69, 9.17) is 23.2 Å². The van der Waals surface area contributed by atoms with Gasteiger partial charge in [0.1, 0.15) is 0 Å². The van der Waals surface area contributed by atoms with E-state index in [9.17, 15) is 0 Å². The Morgan fingerprint density at radius 1 is 0.500 bits per heavy atom. The largest absolute Gasteiger partial charge is 0.276 e. The molecule has 4 aromatic carbocycles. The number of H-pyrrole nitrogens is 1. The average Bonchev–Trinajstić information content (AvgIpc) is 3.65. The number of nitrogens with one attached hydrogen (secondary N) is 1. The molecule has 7 heteroatoms. The number of aryl methyl sites for hydroxylation is 1. The number of hydrogen-bond acceptors (Lipinski definition) is 4. The van der Waals surface area contributed by atoms with Crippen molar-refractivity contribution < 1.29 is 0 Å². The fourth-order valence-corrected chi connectivity index (χ4v) is 6.55. The van der Waals surface area contributed by atoms with E-state index in [0.717, 1.165) is 42.9 Å². The number of hydrogen-bond donors (Lipinski definition) is 1. The van der Waals surface area contributed by atoms with Gasteiger partial charge in [-0.25, -0.2) is 0 Å². The summed E-state index contributed by atoms with van der Waals surface area (Å²) >= 11 is 12.2. The summed E-state index contributed by atoms with van der Waals surface area (Å²) < 4.78 is 0. The summed E-state index contributed by atoms with van der Waals surface area (Å²) in [6.45, 7) is 19.6. The van der Waals surface area contributed by atoms with Gasteiger partial charge in [-0.05, 0) is 125 Å². The highest BCUT2D eigenvalue weighted by atomic mass is 35.5. The molecule has 0 radical (unpaired) electrons. The number of benzene rings is 4. The predicted molar refractivity (Wildman–Crippen MR) is 232 cm³/mol.